The highest BCUT2D eigenvalue weighted by Gasteiger charge is 2.42. The maximum Gasteiger partial charge on any atom is 0.179 e. The van der Waals surface area contributed by atoms with Crippen LogP contribution < -0.4 is 20.7 Å². The molecular formula is C48H36Si. The van der Waals surface area contributed by atoms with Gasteiger partial charge >= 0.3 is 0 Å². The van der Waals surface area contributed by atoms with Crippen molar-refractivity contribution in [2.75, 3.05) is 0 Å². The Hall–Kier alpha value is -6.02. The molecule has 0 heterocycles. The second-order valence-corrected chi connectivity index (χ2v) is 16.3. The van der Waals surface area contributed by atoms with Gasteiger partial charge in [-0.3, -0.25) is 0 Å². The maximum absolute atomic E-state index is 2.96. The third kappa shape index (κ3) is 5.97. The lowest BCUT2D eigenvalue weighted by molar-refractivity contribution is 1.60. The van der Waals surface area contributed by atoms with E-state index >= 15 is 0 Å². The van der Waals surface area contributed by atoms with Crippen LogP contribution in [0.4, 0.5) is 0 Å². The topological polar surface area (TPSA) is 0 Å². The molecule has 1 heteroatoms. The summed E-state index contributed by atoms with van der Waals surface area (Å²) in [6, 6.07) is 80.4. The van der Waals surface area contributed by atoms with E-state index in [1.807, 2.05) is 0 Å². The van der Waals surface area contributed by atoms with Crippen molar-refractivity contribution >= 4 is 28.8 Å². The van der Waals surface area contributed by atoms with E-state index in [0.717, 1.165) is 0 Å². The van der Waals surface area contributed by atoms with Gasteiger partial charge in [0, 0.05) is 0 Å². The molecule has 0 aliphatic heterocycles. The van der Waals surface area contributed by atoms with Gasteiger partial charge in [0.05, 0.1) is 0 Å². The van der Waals surface area contributed by atoms with Gasteiger partial charge in [-0.2, -0.15) is 0 Å². The van der Waals surface area contributed by atoms with E-state index in [9.17, 15) is 0 Å². The highest BCUT2D eigenvalue weighted by Crippen LogP contribution is 2.25. The third-order valence-electron chi connectivity index (χ3n) is 9.61. The lowest BCUT2D eigenvalue weighted by atomic mass is 10.1. The zero-order chi connectivity index (χ0) is 32.9. The Morgan fingerprint density at radius 2 is 0.388 bits per heavy atom. The molecular weight excluding hydrogens is 605 g/mol. The van der Waals surface area contributed by atoms with Crippen LogP contribution in [0.5, 0.6) is 0 Å². The Balaban J connectivity index is 1.47. The normalized spacial score (nSPS) is 11.3. The molecule has 0 bridgehead atoms. The standard InChI is InChI=1S/C48H36Si/c1-5-17-37(18-6-1)41-25-13-29-45(33-41)49(46-30-14-26-42(34-46)38-19-7-2-8-20-38,47-31-15-27-43(35-47)39-21-9-3-10-22-39)48-32-16-28-44(36-48)40-23-11-4-12-24-40/h1-36H. The molecule has 0 saturated heterocycles. The molecule has 8 aromatic carbocycles. The third-order valence-corrected chi connectivity index (χ3v) is 14.3. The first kappa shape index (κ1) is 30.3. The van der Waals surface area contributed by atoms with Crippen LogP contribution in [-0.2, 0) is 0 Å². The van der Waals surface area contributed by atoms with Gasteiger partial charge in [-0.25, -0.2) is 0 Å². The van der Waals surface area contributed by atoms with Gasteiger partial charge in [-0.05, 0) is 65.3 Å². The molecule has 8 aromatic rings. The minimum Gasteiger partial charge on any atom is -0.0622 e. The first-order valence-corrected chi connectivity index (χ1v) is 18.9. The summed E-state index contributed by atoms with van der Waals surface area (Å²) in [5.74, 6) is 0. The fourth-order valence-electron chi connectivity index (χ4n) is 7.25. The minimum absolute atomic E-state index is 1.22. The Kier molecular flexibility index (Phi) is 8.42. The van der Waals surface area contributed by atoms with Gasteiger partial charge in [0.25, 0.3) is 0 Å². The summed E-state index contributed by atoms with van der Waals surface area (Å²) >= 11 is 0. The zero-order valence-electron chi connectivity index (χ0n) is 27.3. The molecule has 0 fully saturated rings. The highest BCUT2D eigenvalue weighted by atomic mass is 28.3. The van der Waals surface area contributed by atoms with Crippen molar-refractivity contribution in [2.45, 2.75) is 0 Å². The summed E-state index contributed by atoms with van der Waals surface area (Å²) in [4.78, 5) is 0. The molecule has 0 N–H and O–H groups in total. The Bertz CT molecular complexity index is 1970. The van der Waals surface area contributed by atoms with Gasteiger partial charge in [0.15, 0.2) is 8.07 Å². The first-order valence-electron chi connectivity index (χ1n) is 16.9. The van der Waals surface area contributed by atoms with Gasteiger partial charge in [-0.15, -0.1) is 0 Å². The van der Waals surface area contributed by atoms with Crippen LogP contribution in [-0.4, -0.2) is 8.07 Å². The number of hydrogen-bond donors (Lipinski definition) is 0. The van der Waals surface area contributed by atoms with Crippen molar-refractivity contribution in [3.8, 4) is 44.5 Å². The predicted octanol–water partition coefficient (Wildman–Crippen LogP) is 9.73. The summed E-state index contributed by atoms with van der Waals surface area (Å²) in [6.07, 6.45) is 0. The molecule has 0 unspecified atom stereocenters. The molecule has 49 heavy (non-hydrogen) atoms. The summed E-state index contributed by atoms with van der Waals surface area (Å²) in [5, 5.41) is 5.42. The maximum atomic E-state index is 2.46. The molecule has 0 aliphatic rings. The van der Waals surface area contributed by atoms with Crippen LogP contribution in [0.1, 0.15) is 0 Å². The van der Waals surface area contributed by atoms with Crippen LogP contribution >= 0.6 is 0 Å². The van der Waals surface area contributed by atoms with Crippen LogP contribution in [0.15, 0.2) is 218 Å². The predicted molar refractivity (Wildman–Crippen MR) is 212 cm³/mol. The van der Waals surface area contributed by atoms with Crippen molar-refractivity contribution in [1.82, 2.24) is 0 Å². The molecule has 0 aliphatic carbocycles. The smallest absolute Gasteiger partial charge is 0.0622 e. The Morgan fingerprint density at radius 1 is 0.184 bits per heavy atom. The van der Waals surface area contributed by atoms with Crippen molar-refractivity contribution in [1.29, 1.82) is 0 Å². The lowest BCUT2D eigenvalue weighted by Crippen LogP contribution is -2.74. The van der Waals surface area contributed by atoms with Gasteiger partial charge in [0.1, 0.15) is 0 Å². The fraction of sp³-hybridized carbons (Fsp3) is 0. The largest absolute Gasteiger partial charge is 0.179 e. The average molecular weight is 641 g/mol. The zero-order valence-corrected chi connectivity index (χ0v) is 28.3. The first-order chi connectivity index (χ1) is 24.3. The molecule has 232 valence electrons. The highest BCUT2D eigenvalue weighted by molar-refractivity contribution is 7.20. The van der Waals surface area contributed by atoms with Crippen molar-refractivity contribution in [3.05, 3.63) is 218 Å². The monoisotopic (exact) mass is 640 g/mol. The second-order valence-electron chi connectivity index (χ2n) is 12.5. The quantitative estimate of drug-likeness (QED) is 0.115. The number of hydrogen-bond acceptors (Lipinski definition) is 0. The average Bonchev–Trinajstić information content (AvgIpc) is 3.20. The van der Waals surface area contributed by atoms with E-state index in [-0.39, 0.29) is 0 Å². The summed E-state index contributed by atoms with van der Waals surface area (Å²) in [5.41, 5.74) is 9.81. The van der Waals surface area contributed by atoms with E-state index < -0.39 is 8.07 Å². The van der Waals surface area contributed by atoms with Crippen LogP contribution in [0, 0.1) is 0 Å². The minimum atomic E-state index is -2.96. The second kappa shape index (κ2) is 13.6. The fourth-order valence-corrected chi connectivity index (χ4v) is 12.1. The van der Waals surface area contributed by atoms with Crippen LogP contribution in [0.3, 0.4) is 0 Å². The Labute approximate surface area is 290 Å². The molecule has 0 radical (unpaired) electrons. The van der Waals surface area contributed by atoms with Gasteiger partial charge < -0.3 is 0 Å². The Morgan fingerprint density at radius 3 is 0.612 bits per heavy atom. The summed E-state index contributed by atoms with van der Waals surface area (Å²) in [7, 11) is -2.96. The van der Waals surface area contributed by atoms with Crippen molar-refractivity contribution in [3.63, 3.8) is 0 Å². The van der Waals surface area contributed by atoms with Gasteiger partial charge in [0.2, 0.25) is 0 Å². The lowest BCUT2D eigenvalue weighted by Gasteiger charge is -2.35. The van der Waals surface area contributed by atoms with E-state index in [1.54, 1.807) is 0 Å². The molecule has 0 saturated carbocycles. The van der Waals surface area contributed by atoms with E-state index in [1.165, 1.54) is 65.3 Å². The van der Waals surface area contributed by atoms with Gasteiger partial charge in [-0.1, -0.05) is 218 Å². The van der Waals surface area contributed by atoms with Crippen molar-refractivity contribution < 1.29 is 0 Å². The van der Waals surface area contributed by atoms with E-state index in [4.69, 9.17) is 0 Å². The molecule has 0 amide bonds. The van der Waals surface area contributed by atoms with E-state index in [2.05, 4.69) is 218 Å². The summed E-state index contributed by atoms with van der Waals surface area (Å²) in [6.45, 7) is 0. The molecule has 0 nitrogen and oxygen atoms in total. The van der Waals surface area contributed by atoms with E-state index in [0.29, 0.717) is 0 Å². The number of benzene rings is 8. The number of rotatable bonds is 8. The summed E-state index contributed by atoms with van der Waals surface area (Å²) < 4.78 is 0. The van der Waals surface area contributed by atoms with Crippen molar-refractivity contribution in [2.24, 2.45) is 0 Å². The molecule has 0 spiro atoms. The van der Waals surface area contributed by atoms with Crippen LogP contribution in [0.2, 0.25) is 0 Å². The molecule has 0 atom stereocenters. The molecule has 8 rings (SSSR count). The van der Waals surface area contributed by atoms with Crippen LogP contribution in [0.25, 0.3) is 44.5 Å². The SMILES string of the molecule is c1ccc(-c2cccc([Si](c3cccc(-c4ccccc4)c3)(c3cccc(-c4ccccc4)c3)c3cccc(-c4ccccc4)c3)c2)cc1. The molecule has 0 aromatic heterocycles.